The molecule has 168 valence electrons. The third kappa shape index (κ3) is 9.24. The van der Waals surface area contributed by atoms with E-state index in [1.807, 2.05) is 30.3 Å². The van der Waals surface area contributed by atoms with Gasteiger partial charge in [0.2, 0.25) is 5.75 Å². The van der Waals surface area contributed by atoms with Gasteiger partial charge in [-0.1, -0.05) is 76.6 Å². The average molecular weight is 427 g/mol. The summed E-state index contributed by atoms with van der Waals surface area (Å²) in [5, 5.41) is 0. The number of esters is 2. The highest BCUT2D eigenvalue weighted by molar-refractivity contribution is 5.77. The Morgan fingerprint density at radius 2 is 1.23 bits per heavy atom. The Morgan fingerprint density at radius 1 is 0.645 bits per heavy atom. The molecule has 0 heterocycles. The molecule has 0 radical (unpaired) electrons. The van der Waals surface area contributed by atoms with E-state index in [0.29, 0.717) is 24.3 Å². The first kappa shape index (κ1) is 24.4. The first-order chi connectivity index (χ1) is 15.1. The third-order valence-electron chi connectivity index (χ3n) is 4.82. The molecule has 0 aliphatic heterocycles. The van der Waals surface area contributed by atoms with Crippen LogP contribution >= 0.6 is 0 Å². The zero-order valence-electron chi connectivity index (χ0n) is 18.7. The van der Waals surface area contributed by atoms with Gasteiger partial charge in [-0.15, -0.1) is 0 Å². The summed E-state index contributed by atoms with van der Waals surface area (Å²) in [6.07, 6.45) is 8.53. The second-order valence-electron chi connectivity index (χ2n) is 7.57. The quantitative estimate of drug-likeness (QED) is 0.181. The number of hydrogen-bond acceptors (Lipinski definition) is 5. The Labute approximate surface area is 185 Å². The average Bonchev–Trinajstić information content (AvgIpc) is 2.77. The van der Waals surface area contributed by atoms with Crippen LogP contribution in [0.25, 0.3) is 0 Å². The summed E-state index contributed by atoms with van der Waals surface area (Å²) in [6.45, 7) is 4.25. The minimum atomic E-state index is -0.361. The van der Waals surface area contributed by atoms with Crippen molar-refractivity contribution in [2.75, 3.05) is 0 Å². The molecule has 2 rings (SSSR count). The Hall–Kier alpha value is -2.82. The molecule has 0 unspecified atom stereocenters. The molecule has 0 aliphatic rings. The standard InChI is InChI=1S/C26H34O5/c1-3-5-7-12-19-24(27)30-23-18-14-17-22(29-21-15-10-9-11-16-21)26(23)31-25(28)20-13-8-6-4-2/h9-11,14-18H,3-8,12-13,19-20H2,1-2H3. The van der Waals surface area contributed by atoms with Crippen LogP contribution in [0, 0.1) is 0 Å². The Morgan fingerprint density at radius 3 is 1.84 bits per heavy atom. The van der Waals surface area contributed by atoms with E-state index in [9.17, 15) is 9.59 Å². The Kier molecular flexibility index (Phi) is 11.2. The van der Waals surface area contributed by atoms with Crippen molar-refractivity contribution in [3.05, 3.63) is 48.5 Å². The van der Waals surface area contributed by atoms with Crippen LogP contribution in [0.5, 0.6) is 23.0 Å². The van der Waals surface area contributed by atoms with E-state index in [-0.39, 0.29) is 23.4 Å². The van der Waals surface area contributed by atoms with E-state index < -0.39 is 0 Å². The predicted molar refractivity (Wildman–Crippen MR) is 122 cm³/mol. The van der Waals surface area contributed by atoms with Gasteiger partial charge in [0.05, 0.1) is 0 Å². The van der Waals surface area contributed by atoms with E-state index in [0.717, 1.165) is 51.4 Å². The predicted octanol–water partition coefficient (Wildman–Crippen LogP) is 7.23. The second-order valence-corrected chi connectivity index (χ2v) is 7.57. The molecule has 0 amide bonds. The summed E-state index contributed by atoms with van der Waals surface area (Å²) in [7, 11) is 0. The van der Waals surface area contributed by atoms with Crippen molar-refractivity contribution in [1.29, 1.82) is 0 Å². The smallest absolute Gasteiger partial charge is 0.311 e. The number of rotatable bonds is 14. The molecular weight excluding hydrogens is 392 g/mol. The molecule has 5 nitrogen and oxygen atoms in total. The topological polar surface area (TPSA) is 61.8 Å². The highest BCUT2D eigenvalue weighted by Gasteiger charge is 2.19. The molecule has 0 atom stereocenters. The number of carbonyl (C=O) groups is 2. The Balaban J connectivity index is 2.13. The van der Waals surface area contributed by atoms with E-state index in [2.05, 4.69) is 13.8 Å². The highest BCUT2D eigenvalue weighted by atomic mass is 16.6. The van der Waals surface area contributed by atoms with Crippen LogP contribution in [-0.4, -0.2) is 11.9 Å². The van der Waals surface area contributed by atoms with Crippen molar-refractivity contribution in [3.63, 3.8) is 0 Å². The van der Waals surface area contributed by atoms with Gasteiger partial charge in [-0.05, 0) is 37.1 Å². The summed E-state index contributed by atoms with van der Waals surface area (Å²) < 4.78 is 17.1. The van der Waals surface area contributed by atoms with E-state index in [1.165, 1.54) is 0 Å². The molecule has 0 aromatic heterocycles. The Bertz CT molecular complexity index is 801. The summed E-state index contributed by atoms with van der Waals surface area (Å²) >= 11 is 0. The maximum atomic E-state index is 12.4. The third-order valence-corrected chi connectivity index (χ3v) is 4.82. The summed E-state index contributed by atoms with van der Waals surface area (Å²) in [6, 6.07) is 14.3. The SMILES string of the molecule is CCCCCCC(=O)Oc1cccc(Oc2ccccc2)c1OC(=O)CCCCCC. The normalized spacial score (nSPS) is 10.5. The minimum Gasteiger partial charge on any atom is -0.453 e. The molecule has 0 spiro atoms. The minimum absolute atomic E-state index is 0.147. The van der Waals surface area contributed by atoms with Gasteiger partial charge in [-0.2, -0.15) is 0 Å². The number of benzene rings is 2. The second kappa shape index (κ2) is 14.2. The molecule has 2 aromatic rings. The van der Waals surface area contributed by atoms with Gasteiger partial charge in [-0.25, -0.2) is 0 Å². The van der Waals surface area contributed by atoms with Crippen LogP contribution < -0.4 is 14.2 Å². The fourth-order valence-electron chi connectivity index (χ4n) is 3.10. The van der Waals surface area contributed by atoms with E-state index >= 15 is 0 Å². The van der Waals surface area contributed by atoms with E-state index in [1.54, 1.807) is 18.2 Å². The molecule has 0 N–H and O–H groups in total. The summed E-state index contributed by atoms with van der Waals surface area (Å²) in [5.41, 5.74) is 0. The number of para-hydroxylation sites is 2. The molecule has 0 saturated carbocycles. The molecule has 0 bridgehead atoms. The van der Waals surface area contributed by atoms with Crippen LogP contribution in [-0.2, 0) is 9.59 Å². The van der Waals surface area contributed by atoms with Gasteiger partial charge in [0.15, 0.2) is 11.5 Å². The maximum Gasteiger partial charge on any atom is 0.311 e. The first-order valence-corrected chi connectivity index (χ1v) is 11.4. The molecule has 0 fully saturated rings. The van der Waals surface area contributed by atoms with E-state index in [4.69, 9.17) is 14.2 Å². The largest absolute Gasteiger partial charge is 0.453 e. The number of carbonyl (C=O) groups excluding carboxylic acids is 2. The molecule has 31 heavy (non-hydrogen) atoms. The molecule has 2 aromatic carbocycles. The zero-order valence-corrected chi connectivity index (χ0v) is 18.7. The zero-order chi connectivity index (χ0) is 22.3. The van der Waals surface area contributed by atoms with Gasteiger partial charge in [0, 0.05) is 12.8 Å². The van der Waals surface area contributed by atoms with Crippen molar-refractivity contribution >= 4 is 11.9 Å². The molecule has 5 heteroatoms. The molecular formula is C26H34O5. The fourth-order valence-corrected chi connectivity index (χ4v) is 3.10. The highest BCUT2D eigenvalue weighted by Crippen LogP contribution is 2.40. The maximum absolute atomic E-state index is 12.4. The van der Waals surface area contributed by atoms with Crippen LogP contribution in [0.3, 0.4) is 0 Å². The molecule has 0 aliphatic carbocycles. The van der Waals surface area contributed by atoms with Gasteiger partial charge in [0.25, 0.3) is 0 Å². The van der Waals surface area contributed by atoms with Crippen LogP contribution in [0.15, 0.2) is 48.5 Å². The molecule has 0 saturated heterocycles. The lowest BCUT2D eigenvalue weighted by atomic mass is 10.1. The number of hydrogen-bond donors (Lipinski definition) is 0. The van der Waals surface area contributed by atoms with Crippen molar-refractivity contribution in [2.45, 2.75) is 78.1 Å². The van der Waals surface area contributed by atoms with Crippen molar-refractivity contribution in [2.24, 2.45) is 0 Å². The van der Waals surface area contributed by atoms with Gasteiger partial charge < -0.3 is 14.2 Å². The van der Waals surface area contributed by atoms with Crippen molar-refractivity contribution < 1.29 is 23.8 Å². The number of ether oxygens (including phenoxy) is 3. The van der Waals surface area contributed by atoms with Crippen LogP contribution in [0.1, 0.15) is 78.1 Å². The summed E-state index contributed by atoms with van der Waals surface area (Å²) in [4.78, 5) is 24.8. The first-order valence-electron chi connectivity index (χ1n) is 11.4. The van der Waals surface area contributed by atoms with Gasteiger partial charge in [-0.3, -0.25) is 9.59 Å². The van der Waals surface area contributed by atoms with Crippen LogP contribution in [0.2, 0.25) is 0 Å². The lowest BCUT2D eigenvalue weighted by Crippen LogP contribution is -2.12. The monoisotopic (exact) mass is 426 g/mol. The van der Waals surface area contributed by atoms with Crippen LogP contribution in [0.4, 0.5) is 0 Å². The van der Waals surface area contributed by atoms with Gasteiger partial charge in [0.1, 0.15) is 5.75 Å². The van der Waals surface area contributed by atoms with Crippen molar-refractivity contribution in [3.8, 4) is 23.0 Å². The lowest BCUT2D eigenvalue weighted by Gasteiger charge is -2.15. The lowest BCUT2D eigenvalue weighted by molar-refractivity contribution is -0.137. The fraction of sp³-hybridized carbons (Fsp3) is 0.462. The van der Waals surface area contributed by atoms with Gasteiger partial charge >= 0.3 is 11.9 Å². The number of unbranched alkanes of at least 4 members (excludes halogenated alkanes) is 6. The summed E-state index contributed by atoms with van der Waals surface area (Å²) in [5.74, 6) is 0.591. The van der Waals surface area contributed by atoms with Crippen molar-refractivity contribution in [1.82, 2.24) is 0 Å².